The molecule has 0 spiro atoms. The molecular formula is C23H26N6OS. The summed E-state index contributed by atoms with van der Waals surface area (Å²) in [6, 6.07) is 18.6. The summed E-state index contributed by atoms with van der Waals surface area (Å²) >= 11 is 1.54. The first-order chi connectivity index (χ1) is 15.2. The zero-order chi connectivity index (χ0) is 21.6. The molecule has 0 aliphatic rings. The Morgan fingerprint density at radius 1 is 0.871 bits per heavy atom. The topological polar surface area (TPSA) is 72.9 Å². The highest BCUT2D eigenvalue weighted by Crippen LogP contribution is 2.26. The van der Waals surface area contributed by atoms with E-state index in [9.17, 15) is 0 Å². The molecule has 0 amide bonds. The molecule has 2 heterocycles. The fourth-order valence-corrected chi connectivity index (χ4v) is 4.16. The zero-order valence-corrected chi connectivity index (χ0v) is 18.8. The minimum Gasteiger partial charge on any atom is -0.424 e. The van der Waals surface area contributed by atoms with Gasteiger partial charge in [0.05, 0.1) is 12.2 Å². The Labute approximate surface area is 186 Å². The number of nitrogens with zero attached hydrogens (tertiary/aromatic N) is 6. The summed E-state index contributed by atoms with van der Waals surface area (Å²) in [5, 5.41) is 17.9. The SMILES string of the molecule is CCN(CC)c1ccc(-c2nnc(SCc3nnc(Cc4ccccc4)o3)n2C)cc1. The van der Waals surface area contributed by atoms with Gasteiger partial charge >= 0.3 is 0 Å². The van der Waals surface area contributed by atoms with Crippen LogP contribution in [0.4, 0.5) is 5.69 Å². The predicted molar refractivity (Wildman–Crippen MR) is 123 cm³/mol. The second-order valence-electron chi connectivity index (χ2n) is 7.12. The zero-order valence-electron chi connectivity index (χ0n) is 18.0. The molecule has 0 aliphatic heterocycles. The minimum absolute atomic E-state index is 0.550. The minimum atomic E-state index is 0.550. The predicted octanol–water partition coefficient (Wildman–Crippen LogP) is 4.59. The molecule has 0 unspecified atom stereocenters. The van der Waals surface area contributed by atoms with Crippen LogP contribution in [0, 0.1) is 0 Å². The van der Waals surface area contributed by atoms with Gasteiger partial charge in [-0.25, -0.2) is 0 Å². The Balaban J connectivity index is 1.40. The van der Waals surface area contributed by atoms with Crippen LogP contribution in [-0.4, -0.2) is 38.1 Å². The Hall–Kier alpha value is -3.13. The van der Waals surface area contributed by atoms with Gasteiger partial charge in [-0.05, 0) is 43.7 Å². The maximum absolute atomic E-state index is 5.79. The van der Waals surface area contributed by atoms with Crippen molar-refractivity contribution in [2.45, 2.75) is 31.2 Å². The molecule has 2 aromatic heterocycles. The van der Waals surface area contributed by atoms with Gasteiger partial charge in [0.1, 0.15) is 0 Å². The standard InChI is InChI=1S/C23H26N6OS/c1-4-29(5-2)19-13-11-18(12-14-19)22-26-27-23(28(22)3)31-16-21-25-24-20(30-21)15-17-9-7-6-8-10-17/h6-14H,4-5,15-16H2,1-3H3. The van der Waals surface area contributed by atoms with E-state index in [2.05, 4.69) is 63.4 Å². The molecule has 0 bridgehead atoms. The number of hydrogen-bond acceptors (Lipinski definition) is 7. The Kier molecular flexibility index (Phi) is 6.66. The fourth-order valence-electron chi connectivity index (χ4n) is 3.42. The van der Waals surface area contributed by atoms with Crippen molar-refractivity contribution in [3.63, 3.8) is 0 Å². The second-order valence-corrected chi connectivity index (χ2v) is 8.07. The molecular weight excluding hydrogens is 408 g/mol. The smallest absolute Gasteiger partial charge is 0.226 e. The van der Waals surface area contributed by atoms with Crippen molar-refractivity contribution in [1.29, 1.82) is 0 Å². The van der Waals surface area contributed by atoms with Crippen molar-refractivity contribution in [3.8, 4) is 11.4 Å². The maximum Gasteiger partial charge on any atom is 0.226 e. The average molecular weight is 435 g/mol. The highest BCUT2D eigenvalue weighted by atomic mass is 32.2. The molecule has 0 aliphatic carbocycles. The fraction of sp³-hybridized carbons (Fsp3) is 0.304. The van der Waals surface area contributed by atoms with Crippen LogP contribution in [0.1, 0.15) is 31.2 Å². The van der Waals surface area contributed by atoms with E-state index in [1.54, 1.807) is 0 Å². The molecule has 4 rings (SSSR count). The normalized spacial score (nSPS) is 11.1. The van der Waals surface area contributed by atoms with Crippen molar-refractivity contribution in [2.24, 2.45) is 7.05 Å². The summed E-state index contributed by atoms with van der Waals surface area (Å²) in [6.07, 6.45) is 0.635. The monoisotopic (exact) mass is 434 g/mol. The third kappa shape index (κ3) is 4.96. The number of thioether (sulfide) groups is 1. The van der Waals surface area contributed by atoms with E-state index >= 15 is 0 Å². The molecule has 4 aromatic rings. The molecule has 8 heteroatoms. The van der Waals surface area contributed by atoms with Crippen molar-refractivity contribution >= 4 is 17.4 Å². The Morgan fingerprint density at radius 2 is 1.58 bits per heavy atom. The van der Waals surface area contributed by atoms with Crippen LogP contribution in [0.25, 0.3) is 11.4 Å². The summed E-state index contributed by atoms with van der Waals surface area (Å²) in [5.41, 5.74) is 3.41. The van der Waals surface area contributed by atoms with E-state index in [4.69, 9.17) is 4.42 Å². The first-order valence-corrected chi connectivity index (χ1v) is 11.4. The van der Waals surface area contributed by atoms with Crippen molar-refractivity contribution in [1.82, 2.24) is 25.0 Å². The van der Waals surface area contributed by atoms with E-state index in [1.165, 1.54) is 17.4 Å². The van der Waals surface area contributed by atoms with Gasteiger partial charge in [-0.2, -0.15) is 0 Å². The van der Waals surface area contributed by atoms with Crippen LogP contribution in [0.15, 0.2) is 64.2 Å². The van der Waals surface area contributed by atoms with Crippen LogP contribution in [0.2, 0.25) is 0 Å². The van der Waals surface area contributed by atoms with E-state index in [0.29, 0.717) is 24.0 Å². The van der Waals surface area contributed by atoms with E-state index < -0.39 is 0 Å². The molecule has 7 nitrogen and oxygen atoms in total. The Bertz CT molecular complexity index is 1100. The lowest BCUT2D eigenvalue weighted by Crippen LogP contribution is -2.21. The summed E-state index contributed by atoms with van der Waals surface area (Å²) < 4.78 is 7.79. The van der Waals surface area contributed by atoms with Crippen molar-refractivity contribution < 1.29 is 4.42 Å². The van der Waals surface area contributed by atoms with E-state index in [1.807, 2.05) is 41.9 Å². The van der Waals surface area contributed by atoms with Crippen LogP contribution in [-0.2, 0) is 19.2 Å². The van der Waals surface area contributed by atoms with Crippen molar-refractivity contribution in [2.75, 3.05) is 18.0 Å². The van der Waals surface area contributed by atoms with Gasteiger partial charge in [0, 0.05) is 31.4 Å². The third-order valence-corrected chi connectivity index (χ3v) is 6.13. The molecule has 0 fully saturated rings. The lowest BCUT2D eigenvalue weighted by Gasteiger charge is -2.21. The van der Waals surface area contributed by atoms with Gasteiger partial charge < -0.3 is 13.9 Å². The molecule has 0 N–H and O–H groups in total. The largest absolute Gasteiger partial charge is 0.424 e. The van der Waals surface area contributed by atoms with E-state index in [-0.39, 0.29) is 0 Å². The summed E-state index contributed by atoms with van der Waals surface area (Å²) in [6.45, 7) is 6.31. The van der Waals surface area contributed by atoms with E-state index in [0.717, 1.165) is 35.2 Å². The molecule has 160 valence electrons. The number of benzene rings is 2. The number of anilines is 1. The summed E-state index contributed by atoms with van der Waals surface area (Å²) in [7, 11) is 1.98. The van der Waals surface area contributed by atoms with Gasteiger partial charge in [0.15, 0.2) is 11.0 Å². The molecule has 0 saturated carbocycles. The lowest BCUT2D eigenvalue weighted by atomic mass is 10.2. The summed E-state index contributed by atoms with van der Waals surface area (Å²) in [5.74, 6) is 2.59. The highest BCUT2D eigenvalue weighted by Gasteiger charge is 2.14. The van der Waals surface area contributed by atoms with Crippen LogP contribution >= 0.6 is 11.8 Å². The number of hydrogen-bond donors (Lipinski definition) is 0. The molecule has 2 aromatic carbocycles. The van der Waals surface area contributed by atoms with Gasteiger partial charge in [-0.1, -0.05) is 42.1 Å². The second kappa shape index (κ2) is 9.78. The van der Waals surface area contributed by atoms with Crippen molar-refractivity contribution in [3.05, 3.63) is 71.9 Å². The quantitative estimate of drug-likeness (QED) is 0.357. The van der Waals surface area contributed by atoms with Gasteiger partial charge in [-0.3, -0.25) is 0 Å². The maximum atomic E-state index is 5.79. The first kappa shape index (κ1) is 21.1. The van der Waals surface area contributed by atoms with Gasteiger partial charge in [0.2, 0.25) is 11.8 Å². The van der Waals surface area contributed by atoms with Gasteiger partial charge in [0.25, 0.3) is 0 Å². The first-order valence-electron chi connectivity index (χ1n) is 10.4. The Morgan fingerprint density at radius 3 is 2.29 bits per heavy atom. The molecule has 0 saturated heterocycles. The molecule has 0 atom stereocenters. The average Bonchev–Trinajstić information content (AvgIpc) is 3.40. The molecule has 0 radical (unpaired) electrons. The lowest BCUT2D eigenvalue weighted by molar-refractivity contribution is 0.474. The van der Waals surface area contributed by atoms with Crippen LogP contribution < -0.4 is 4.90 Å². The highest BCUT2D eigenvalue weighted by molar-refractivity contribution is 7.98. The van der Waals surface area contributed by atoms with Crippen LogP contribution in [0.3, 0.4) is 0 Å². The van der Waals surface area contributed by atoms with Crippen LogP contribution in [0.5, 0.6) is 0 Å². The number of rotatable bonds is 9. The van der Waals surface area contributed by atoms with Gasteiger partial charge in [-0.15, -0.1) is 20.4 Å². The third-order valence-electron chi connectivity index (χ3n) is 5.12. The molecule has 31 heavy (non-hydrogen) atoms. The number of aromatic nitrogens is 5. The summed E-state index contributed by atoms with van der Waals surface area (Å²) in [4.78, 5) is 2.32.